The molecule has 23 heavy (non-hydrogen) atoms. The van der Waals surface area contributed by atoms with Gasteiger partial charge in [-0.15, -0.1) is 0 Å². The molecule has 0 aromatic heterocycles. The van der Waals surface area contributed by atoms with E-state index in [-0.39, 0.29) is 6.10 Å². The van der Waals surface area contributed by atoms with Crippen LogP contribution in [-0.4, -0.2) is 18.9 Å². The summed E-state index contributed by atoms with van der Waals surface area (Å²) in [5.41, 5.74) is 3.92. The quantitative estimate of drug-likeness (QED) is 0.399. The van der Waals surface area contributed by atoms with Crippen LogP contribution in [0.25, 0.3) is 0 Å². The molecular formula is C20H25NO2. The van der Waals surface area contributed by atoms with Crippen LogP contribution in [0.2, 0.25) is 0 Å². The van der Waals surface area contributed by atoms with Crippen LogP contribution in [0.1, 0.15) is 37.0 Å². The first-order valence-corrected chi connectivity index (χ1v) is 8.08. The molecule has 2 aromatic carbocycles. The van der Waals surface area contributed by atoms with Gasteiger partial charge in [-0.3, -0.25) is 0 Å². The van der Waals surface area contributed by atoms with Crippen molar-refractivity contribution in [3.05, 3.63) is 65.2 Å². The van der Waals surface area contributed by atoms with Crippen LogP contribution in [0, 0.1) is 6.92 Å². The van der Waals surface area contributed by atoms with Crippen LogP contribution < -0.4 is 4.74 Å². The molecule has 122 valence electrons. The number of oxime groups is 1. The third-order valence-electron chi connectivity index (χ3n) is 3.28. The molecule has 0 N–H and O–H groups in total. The van der Waals surface area contributed by atoms with Crippen LogP contribution in [-0.2, 0) is 11.3 Å². The SMILES string of the molecule is Cc1cccc(Cc2ccc(OCC/C=N/OC(C)C)cc2)c1. The van der Waals surface area contributed by atoms with E-state index in [4.69, 9.17) is 9.57 Å². The average molecular weight is 311 g/mol. The first-order valence-electron chi connectivity index (χ1n) is 8.08. The Labute approximate surface area is 138 Å². The summed E-state index contributed by atoms with van der Waals surface area (Å²) < 4.78 is 5.69. The van der Waals surface area contributed by atoms with Gasteiger partial charge in [0.15, 0.2) is 0 Å². The highest BCUT2D eigenvalue weighted by atomic mass is 16.6. The van der Waals surface area contributed by atoms with E-state index < -0.39 is 0 Å². The number of hydrogen-bond acceptors (Lipinski definition) is 3. The zero-order chi connectivity index (χ0) is 16.5. The summed E-state index contributed by atoms with van der Waals surface area (Å²) in [6.07, 6.45) is 3.54. The second kappa shape index (κ2) is 8.99. The number of ether oxygens (including phenoxy) is 1. The molecule has 0 heterocycles. The van der Waals surface area contributed by atoms with E-state index in [9.17, 15) is 0 Å². The maximum absolute atomic E-state index is 5.69. The highest BCUT2D eigenvalue weighted by molar-refractivity contribution is 5.56. The van der Waals surface area contributed by atoms with Gasteiger partial charge < -0.3 is 9.57 Å². The summed E-state index contributed by atoms with van der Waals surface area (Å²) in [7, 11) is 0. The van der Waals surface area contributed by atoms with E-state index in [1.165, 1.54) is 16.7 Å². The lowest BCUT2D eigenvalue weighted by Gasteiger charge is -2.07. The van der Waals surface area contributed by atoms with E-state index in [2.05, 4.69) is 48.5 Å². The van der Waals surface area contributed by atoms with Gasteiger partial charge >= 0.3 is 0 Å². The number of aryl methyl sites for hydroxylation is 1. The maximum atomic E-state index is 5.69. The third kappa shape index (κ3) is 6.55. The predicted molar refractivity (Wildman–Crippen MR) is 95.3 cm³/mol. The molecule has 0 atom stereocenters. The Morgan fingerprint density at radius 2 is 1.83 bits per heavy atom. The minimum Gasteiger partial charge on any atom is -0.493 e. The van der Waals surface area contributed by atoms with E-state index in [0.717, 1.165) is 18.6 Å². The van der Waals surface area contributed by atoms with Gasteiger partial charge in [0, 0.05) is 12.6 Å². The minimum absolute atomic E-state index is 0.119. The second-order valence-corrected chi connectivity index (χ2v) is 5.89. The highest BCUT2D eigenvalue weighted by Crippen LogP contribution is 2.16. The summed E-state index contributed by atoms with van der Waals surface area (Å²) >= 11 is 0. The van der Waals surface area contributed by atoms with Crippen LogP contribution in [0.5, 0.6) is 5.75 Å². The highest BCUT2D eigenvalue weighted by Gasteiger charge is 1.98. The Morgan fingerprint density at radius 3 is 2.52 bits per heavy atom. The molecule has 0 bridgehead atoms. The molecule has 2 aromatic rings. The van der Waals surface area contributed by atoms with Gasteiger partial charge in [-0.2, -0.15) is 0 Å². The van der Waals surface area contributed by atoms with Crippen molar-refractivity contribution in [1.29, 1.82) is 0 Å². The van der Waals surface area contributed by atoms with Crippen molar-refractivity contribution in [3.63, 3.8) is 0 Å². The Balaban J connectivity index is 1.77. The molecule has 3 nitrogen and oxygen atoms in total. The number of rotatable bonds is 8. The Hall–Kier alpha value is -2.29. The van der Waals surface area contributed by atoms with Crippen molar-refractivity contribution in [3.8, 4) is 5.75 Å². The molecular weight excluding hydrogens is 286 g/mol. The number of hydrogen-bond donors (Lipinski definition) is 0. The molecule has 0 unspecified atom stereocenters. The fourth-order valence-electron chi connectivity index (χ4n) is 2.21. The van der Waals surface area contributed by atoms with Gasteiger partial charge in [0.1, 0.15) is 11.9 Å². The van der Waals surface area contributed by atoms with Crippen molar-refractivity contribution >= 4 is 6.21 Å². The van der Waals surface area contributed by atoms with Crippen LogP contribution >= 0.6 is 0 Å². The van der Waals surface area contributed by atoms with Crippen molar-refractivity contribution in [2.75, 3.05) is 6.61 Å². The largest absolute Gasteiger partial charge is 0.493 e. The normalized spacial score (nSPS) is 11.1. The molecule has 0 radical (unpaired) electrons. The van der Waals surface area contributed by atoms with E-state index in [1.54, 1.807) is 6.21 Å². The lowest BCUT2D eigenvalue weighted by Crippen LogP contribution is -2.00. The smallest absolute Gasteiger partial charge is 0.121 e. The van der Waals surface area contributed by atoms with E-state index in [0.29, 0.717) is 6.61 Å². The lowest BCUT2D eigenvalue weighted by atomic mass is 10.0. The zero-order valence-corrected chi connectivity index (χ0v) is 14.2. The summed E-state index contributed by atoms with van der Waals surface area (Å²) in [4.78, 5) is 5.09. The van der Waals surface area contributed by atoms with Crippen molar-refractivity contribution in [2.45, 2.75) is 39.7 Å². The van der Waals surface area contributed by atoms with Gasteiger partial charge in [0.25, 0.3) is 0 Å². The lowest BCUT2D eigenvalue weighted by molar-refractivity contribution is 0.0866. The molecule has 0 amide bonds. The van der Waals surface area contributed by atoms with E-state index >= 15 is 0 Å². The summed E-state index contributed by atoms with van der Waals surface area (Å²) in [6, 6.07) is 16.9. The van der Waals surface area contributed by atoms with Gasteiger partial charge in [0.05, 0.1) is 6.61 Å². The summed E-state index contributed by atoms with van der Waals surface area (Å²) in [5, 5.41) is 3.87. The van der Waals surface area contributed by atoms with Crippen molar-refractivity contribution < 1.29 is 9.57 Å². The zero-order valence-electron chi connectivity index (χ0n) is 14.2. The summed E-state index contributed by atoms with van der Waals surface area (Å²) in [5.74, 6) is 0.885. The molecule has 0 saturated carbocycles. The van der Waals surface area contributed by atoms with Gasteiger partial charge in [-0.05, 0) is 50.5 Å². The topological polar surface area (TPSA) is 30.8 Å². The molecule has 0 saturated heterocycles. The maximum Gasteiger partial charge on any atom is 0.121 e. The first-order chi connectivity index (χ1) is 11.1. The molecule has 0 spiro atoms. The van der Waals surface area contributed by atoms with Crippen LogP contribution in [0.15, 0.2) is 53.7 Å². The third-order valence-corrected chi connectivity index (χ3v) is 3.28. The van der Waals surface area contributed by atoms with Crippen molar-refractivity contribution in [2.24, 2.45) is 5.16 Å². The molecule has 0 aliphatic heterocycles. The Morgan fingerprint density at radius 1 is 1.04 bits per heavy atom. The van der Waals surface area contributed by atoms with Gasteiger partial charge in [0.2, 0.25) is 0 Å². The molecule has 2 rings (SSSR count). The van der Waals surface area contributed by atoms with Gasteiger partial charge in [-0.25, -0.2) is 0 Å². The Bertz CT molecular complexity index is 618. The van der Waals surface area contributed by atoms with E-state index in [1.807, 2.05) is 26.0 Å². The van der Waals surface area contributed by atoms with Gasteiger partial charge in [-0.1, -0.05) is 47.1 Å². The standard InChI is InChI=1S/C20H25NO2/c1-16(2)23-21-12-5-13-22-20-10-8-18(9-11-20)15-19-7-4-6-17(3)14-19/h4,6-12,14,16H,5,13,15H2,1-3H3/b21-12+. The van der Waals surface area contributed by atoms with Crippen LogP contribution in [0.4, 0.5) is 0 Å². The first kappa shape index (κ1) is 17.1. The minimum atomic E-state index is 0.119. The molecule has 0 aliphatic rings. The molecule has 0 aliphatic carbocycles. The number of benzene rings is 2. The Kier molecular flexibility index (Phi) is 6.67. The molecule has 0 fully saturated rings. The van der Waals surface area contributed by atoms with Crippen LogP contribution in [0.3, 0.4) is 0 Å². The summed E-state index contributed by atoms with van der Waals surface area (Å²) in [6.45, 7) is 6.62. The average Bonchev–Trinajstić information content (AvgIpc) is 2.52. The molecule has 3 heteroatoms. The fraction of sp³-hybridized carbons (Fsp3) is 0.350. The fourth-order valence-corrected chi connectivity index (χ4v) is 2.21. The monoisotopic (exact) mass is 311 g/mol. The van der Waals surface area contributed by atoms with Crippen molar-refractivity contribution in [1.82, 2.24) is 0 Å². The second-order valence-electron chi connectivity index (χ2n) is 5.89. The number of nitrogens with zero attached hydrogens (tertiary/aromatic N) is 1. The predicted octanol–water partition coefficient (Wildman–Crippen LogP) is 4.77.